The molecule has 8 nitrogen and oxygen atoms in total. The van der Waals surface area contributed by atoms with Crippen LogP contribution in [0.1, 0.15) is 39.1 Å². The summed E-state index contributed by atoms with van der Waals surface area (Å²) < 4.78 is 1.02. The first-order chi connectivity index (χ1) is 18.0. The summed E-state index contributed by atoms with van der Waals surface area (Å²) in [6.07, 6.45) is 2.70. The highest BCUT2D eigenvalue weighted by Crippen LogP contribution is 2.30. The van der Waals surface area contributed by atoms with Gasteiger partial charge in [-0.25, -0.2) is 4.98 Å². The molecular weight excluding hydrogens is 486 g/mol. The number of pyridine rings is 1. The van der Waals surface area contributed by atoms with E-state index in [1.165, 1.54) is 17.5 Å². The zero-order valence-corrected chi connectivity index (χ0v) is 21.2. The maximum atomic E-state index is 13.3. The van der Waals surface area contributed by atoms with E-state index in [2.05, 4.69) is 26.3 Å². The van der Waals surface area contributed by atoms with Crippen molar-refractivity contribution in [3.63, 3.8) is 0 Å². The van der Waals surface area contributed by atoms with Crippen molar-refractivity contribution < 1.29 is 14.4 Å². The number of piperidine rings is 1. The molecule has 37 heavy (non-hydrogen) atoms. The van der Waals surface area contributed by atoms with E-state index < -0.39 is 0 Å². The summed E-state index contributed by atoms with van der Waals surface area (Å²) in [6, 6.07) is 17.1. The summed E-state index contributed by atoms with van der Waals surface area (Å²) in [4.78, 5) is 42.4. The number of amides is 3. The molecule has 4 N–H and O–H groups in total. The molecule has 0 spiro atoms. The van der Waals surface area contributed by atoms with E-state index >= 15 is 0 Å². The van der Waals surface area contributed by atoms with Gasteiger partial charge in [-0.15, -0.1) is 11.3 Å². The molecule has 1 fully saturated rings. The minimum atomic E-state index is -0.308. The molecule has 1 aliphatic heterocycles. The Morgan fingerprint density at radius 3 is 2.73 bits per heavy atom. The van der Waals surface area contributed by atoms with Crippen molar-refractivity contribution in [2.24, 2.45) is 5.92 Å². The first kappa shape index (κ1) is 24.5. The number of carbonyl (C=O) groups excluding carboxylic acids is 3. The second-order valence-corrected chi connectivity index (χ2v) is 9.99. The topological polar surface area (TPSA) is 112 Å². The summed E-state index contributed by atoms with van der Waals surface area (Å²) in [5, 5.41) is 14.7. The Bertz CT molecular complexity index is 1480. The van der Waals surface area contributed by atoms with Gasteiger partial charge in [0.25, 0.3) is 11.8 Å². The summed E-state index contributed by atoms with van der Waals surface area (Å²) in [5.74, 6) is -0.0543. The minimum absolute atomic E-state index is 0.00440. The maximum Gasteiger partial charge on any atom is 0.257 e. The molecule has 1 atom stereocenters. The lowest BCUT2D eigenvalue weighted by atomic mass is 9.97. The maximum absolute atomic E-state index is 13.3. The van der Waals surface area contributed by atoms with Crippen molar-refractivity contribution in [2.45, 2.75) is 19.8 Å². The summed E-state index contributed by atoms with van der Waals surface area (Å²) >= 11 is 1.51. The molecule has 0 radical (unpaired) electrons. The van der Waals surface area contributed by atoms with Crippen molar-refractivity contribution in [1.29, 1.82) is 0 Å². The first-order valence-electron chi connectivity index (χ1n) is 12.1. The number of para-hydroxylation sites is 1. The number of rotatable bonds is 7. The smallest absolute Gasteiger partial charge is 0.257 e. The number of anilines is 3. The van der Waals surface area contributed by atoms with Gasteiger partial charge in [0.15, 0.2) is 5.82 Å². The Morgan fingerprint density at radius 1 is 1.08 bits per heavy atom. The second kappa shape index (κ2) is 10.8. The quantitative estimate of drug-likeness (QED) is 0.282. The Hall–Kier alpha value is -4.24. The van der Waals surface area contributed by atoms with Crippen LogP contribution in [-0.2, 0) is 4.79 Å². The largest absolute Gasteiger partial charge is 0.356 e. The fourth-order valence-corrected chi connectivity index (χ4v) is 5.27. The molecule has 3 heterocycles. The third-order valence-electron chi connectivity index (χ3n) is 6.42. The number of carbonyl (C=O) groups is 3. The molecule has 1 saturated heterocycles. The molecule has 2 aromatic heterocycles. The molecule has 5 rings (SSSR count). The van der Waals surface area contributed by atoms with Crippen LogP contribution in [0.15, 0.2) is 66.2 Å². The number of nitrogens with zero attached hydrogens (tertiary/aromatic N) is 1. The van der Waals surface area contributed by atoms with E-state index in [-0.39, 0.29) is 23.6 Å². The Balaban J connectivity index is 1.40. The van der Waals surface area contributed by atoms with Gasteiger partial charge in [0.2, 0.25) is 5.91 Å². The molecule has 4 aromatic rings. The normalized spacial score (nSPS) is 15.2. The summed E-state index contributed by atoms with van der Waals surface area (Å²) in [5.41, 5.74) is 3.14. The first-order valence-corrected chi connectivity index (χ1v) is 13.0. The SMILES string of the molecule is Cc1ccccc1Nc1ncc(C(=O)NCC2CCNC(=O)C2)cc1NC(=O)c1csc2ccccc12. The molecule has 1 aliphatic rings. The Kier molecular flexibility index (Phi) is 7.14. The predicted molar refractivity (Wildman–Crippen MR) is 147 cm³/mol. The minimum Gasteiger partial charge on any atom is -0.356 e. The lowest BCUT2D eigenvalue weighted by Crippen LogP contribution is -2.39. The molecule has 0 bridgehead atoms. The fraction of sp³-hybridized carbons (Fsp3) is 0.214. The molecule has 0 saturated carbocycles. The van der Waals surface area contributed by atoms with Gasteiger partial charge in [-0.2, -0.15) is 0 Å². The molecule has 3 amide bonds. The standard InChI is InChI=1S/C28H27N5O3S/c1-17-6-2-4-8-22(17)32-26-23(33-28(36)21-16-37-24-9-5-3-7-20(21)24)13-19(15-30-26)27(35)31-14-18-10-11-29-25(34)12-18/h2-9,13,15-16,18H,10-12,14H2,1H3,(H,29,34)(H,30,32)(H,31,35)(H,33,36). The third kappa shape index (κ3) is 5.62. The number of hydrogen-bond acceptors (Lipinski definition) is 6. The Labute approximate surface area is 218 Å². The van der Waals surface area contributed by atoms with Crippen LogP contribution in [0.25, 0.3) is 10.1 Å². The van der Waals surface area contributed by atoms with Crippen LogP contribution in [0, 0.1) is 12.8 Å². The monoisotopic (exact) mass is 513 g/mol. The van der Waals surface area contributed by atoms with Crippen molar-refractivity contribution in [2.75, 3.05) is 23.7 Å². The second-order valence-electron chi connectivity index (χ2n) is 9.08. The van der Waals surface area contributed by atoms with Crippen LogP contribution in [0.3, 0.4) is 0 Å². The number of hydrogen-bond donors (Lipinski definition) is 4. The van der Waals surface area contributed by atoms with E-state index in [9.17, 15) is 14.4 Å². The van der Waals surface area contributed by atoms with Gasteiger partial charge in [-0.3, -0.25) is 14.4 Å². The average Bonchev–Trinajstić information content (AvgIpc) is 3.34. The van der Waals surface area contributed by atoms with E-state index in [0.717, 1.165) is 27.8 Å². The van der Waals surface area contributed by atoms with Crippen molar-refractivity contribution in [3.05, 3.63) is 82.9 Å². The molecule has 0 aliphatic carbocycles. The number of fused-ring (bicyclic) bond motifs is 1. The van der Waals surface area contributed by atoms with Crippen LogP contribution >= 0.6 is 11.3 Å². The Morgan fingerprint density at radius 2 is 1.89 bits per heavy atom. The lowest BCUT2D eigenvalue weighted by Gasteiger charge is -2.22. The number of thiophene rings is 1. The van der Waals surface area contributed by atoms with E-state index in [1.807, 2.05) is 60.8 Å². The van der Waals surface area contributed by atoms with Gasteiger partial charge in [0.1, 0.15) is 0 Å². The van der Waals surface area contributed by atoms with Gasteiger partial charge < -0.3 is 21.3 Å². The van der Waals surface area contributed by atoms with Crippen molar-refractivity contribution in [3.8, 4) is 0 Å². The van der Waals surface area contributed by atoms with Crippen LogP contribution in [0.5, 0.6) is 0 Å². The van der Waals surface area contributed by atoms with Gasteiger partial charge in [0, 0.05) is 46.9 Å². The van der Waals surface area contributed by atoms with E-state index in [1.54, 1.807) is 6.07 Å². The molecule has 1 unspecified atom stereocenters. The highest BCUT2D eigenvalue weighted by atomic mass is 32.1. The highest BCUT2D eigenvalue weighted by Gasteiger charge is 2.21. The number of nitrogens with one attached hydrogen (secondary N) is 4. The molecule has 2 aromatic carbocycles. The van der Waals surface area contributed by atoms with Gasteiger partial charge >= 0.3 is 0 Å². The van der Waals surface area contributed by atoms with Gasteiger partial charge in [0.05, 0.1) is 16.8 Å². The summed E-state index contributed by atoms with van der Waals surface area (Å²) in [7, 11) is 0. The van der Waals surface area contributed by atoms with Gasteiger partial charge in [-0.05, 0) is 43.0 Å². The highest BCUT2D eigenvalue weighted by molar-refractivity contribution is 7.17. The molecular formula is C28H27N5O3S. The van der Waals surface area contributed by atoms with E-state index in [0.29, 0.717) is 42.1 Å². The van der Waals surface area contributed by atoms with E-state index in [4.69, 9.17) is 0 Å². The third-order valence-corrected chi connectivity index (χ3v) is 7.39. The summed E-state index contributed by atoms with van der Waals surface area (Å²) in [6.45, 7) is 3.00. The average molecular weight is 514 g/mol. The van der Waals surface area contributed by atoms with Crippen molar-refractivity contribution >= 4 is 56.3 Å². The molecule has 9 heteroatoms. The lowest BCUT2D eigenvalue weighted by molar-refractivity contribution is -0.123. The van der Waals surface area contributed by atoms with Crippen LogP contribution in [-0.4, -0.2) is 35.8 Å². The van der Waals surface area contributed by atoms with Crippen LogP contribution in [0.4, 0.5) is 17.2 Å². The zero-order valence-electron chi connectivity index (χ0n) is 20.3. The predicted octanol–water partition coefficient (Wildman–Crippen LogP) is 4.86. The van der Waals surface area contributed by atoms with Gasteiger partial charge in [-0.1, -0.05) is 36.4 Å². The van der Waals surface area contributed by atoms with Crippen LogP contribution in [0.2, 0.25) is 0 Å². The van der Waals surface area contributed by atoms with Crippen molar-refractivity contribution in [1.82, 2.24) is 15.6 Å². The molecule has 188 valence electrons. The number of benzene rings is 2. The number of aryl methyl sites for hydroxylation is 1. The van der Waals surface area contributed by atoms with Crippen LogP contribution < -0.4 is 21.3 Å². The number of aromatic nitrogens is 1. The zero-order chi connectivity index (χ0) is 25.8. The fourth-order valence-electron chi connectivity index (χ4n) is 4.33.